The largest absolute Gasteiger partial charge is 0.481 e. The van der Waals surface area contributed by atoms with E-state index in [0.717, 1.165) is 19.3 Å². The van der Waals surface area contributed by atoms with Crippen molar-refractivity contribution in [1.82, 2.24) is 0 Å². The van der Waals surface area contributed by atoms with Gasteiger partial charge in [0.1, 0.15) is 0 Å². The highest BCUT2D eigenvalue weighted by atomic mass is 16.4. The topological polar surface area (TPSA) is 37.3 Å². The molecule has 0 aliphatic rings. The van der Waals surface area contributed by atoms with Gasteiger partial charge in [-0.25, -0.2) is 0 Å². The van der Waals surface area contributed by atoms with E-state index in [1.54, 1.807) is 0 Å². The molecule has 0 spiro atoms. The lowest BCUT2D eigenvalue weighted by molar-refractivity contribution is -0.137. The van der Waals surface area contributed by atoms with Crippen LogP contribution in [0.3, 0.4) is 0 Å². The van der Waals surface area contributed by atoms with Crippen molar-refractivity contribution in [2.75, 3.05) is 0 Å². The van der Waals surface area contributed by atoms with Gasteiger partial charge >= 0.3 is 5.97 Å². The molecule has 2 heteroatoms. The van der Waals surface area contributed by atoms with E-state index in [2.05, 4.69) is 26.0 Å². The fourth-order valence-corrected chi connectivity index (χ4v) is 0.907. The molecule has 0 aromatic rings. The minimum Gasteiger partial charge on any atom is -0.481 e. The fraction of sp³-hybridized carbons (Fsp3) is 0.700. The Morgan fingerprint density at radius 1 is 1.42 bits per heavy atom. The summed E-state index contributed by atoms with van der Waals surface area (Å²) in [5.74, 6) is -0.0905. The molecule has 0 unspecified atom stereocenters. The van der Waals surface area contributed by atoms with Crippen molar-refractivity contribution in [1.29, 1.82) is 0 Å². The normalized spacial score (nSPS) is 11.2. The molecular formula is C10H18O2. The number of carbonyl (C=O) groups is 1. The van der Waals surface area contributed by atoms with Crippen LogP contribution in [0.5, 0.6) is 0 Å². The molecule has 0 amide bonds. The second-order valence-electron chi connectivity index (χ2n) is 3.31. The van der Waals surface area contributed by atoms with Gasteiger partial charge in [-0.3, -0.25) is 4.79 Å². The van der Waals surface area contributed by atoms with Gasteiger partial charge in [0.2, 0.25) is 0 Å². The summed E-state index contributed by atoms with van der Waals surface area (Å²) >= 11 is 0. The molecule has 12 heavy (non-hydrogen) atoms. The Morgan fingerprint density at radius 2 is 2.08 bits per heavy atom. The quantitative estimate of drug-likeness (QED) is 0.491. The van der Waals surface area contributed by atoms with Gasteiger partial charge in [-0.15, -0.1) is 0 Å². The highest BCUT2D eigenvalue weighted by Crippen LogP contribution is 2.02. The van der Waals surface area contributed by atoms with Gasteiger partial charge in [0.15, 0.2) is 0 Å². The predicted octanol–water partition coefficient (Wildman–Crippen LogP) is 2.84. The molecule has 0 fully saturated rings. The summed E-state index contributed by atoms with van der Waals surface area (Å²) in [6.45, 7) is 4.27. The Labute approximate surface area is 74.3 Å². The van der Waals surface area contributed by atoms with Crippen LogP contribution in [-0.2, 0) is 4.79 Å². The van der Waals surface area contributed by atoms with Crippen molar-refractivity contribution < 1.29 is 9.90 Å². The Hall–Kier alpha value is -0.790. The van der Waals surface area contributed by atoms with E-state index in [1.807, 2.05) is 0 Å². The number of carboxylic acid groups (broad SMARTS) is 1. The average molecular weight is 170 g/mol. The van der Waals surface area contributed by atoms with E-state index in [0.29, 0.717) is 12.3 Å². The zero-order chi connectivity index (χ0) is 9.40. The number of rotatable bonds is 6. The number of hydrogen-bond acceptors (Lipinski definition) is 1. The lowest BCUT2D eigenvalue weighted by Crippen LogP contribution is -1.92. The summed E-state index contributed by atoms with van der Waals surface area (Å²) in [6.07, 6.45) is 7.36. The molecule has 0 aliphatic heterocycles. The molecule has 0 saturated carbocycles. The SMILES string of the molecule is CC(C)/C=C\CCCCC(=O)O. The third kappa shape index (κ3) is 9.21. The van der Waals surface area contributed by atoms with E-state index >= 15 is 0 Å². The molecule has 0 aliphatic carbocycles. The van der Waals surface area contributed by atoms with Gasteiger partial charge in [0, 0.05) is 6.42 Å². The van der Waals surface area contributed by atoms with Crippen molar-refractivity contribution in [3.05, 3.63) is 12.2 Å². The van der Waals surface area contributed by atoms with Crippen LogP contribution in [0, 0.1) is 5.92 Å². The monoisotopic (exact) mass is 170 g/mol. The van der Waals surface area contributed by atoms with E-state index in [9.17, 15) is 4.79 Å². The van der Waals surface area contributed by atoms with Gasteiger partial charge in [-0.05, 0) is 25.2 Å². The first-order valence-corrected chi connectivity index (χ1v) is 4.51. The number of unbranched alkanes of at least 4 members (excludes halogenated alkanes) is 2. The molecular weight excluding hydrogens is 152 g/mol. The summed E-state index contributed by atoms with van der Waals surface area (Å²) in [5, 5.41) is 8.34. The van der Waals surface area contributed by atoms with Gasteiger partial charge in [0.05, 0.1) is 0 Å². The van der Waals surface area contributed by atoms with Gasteiger partial charge in [-0.1, -0.05) is 26.0 Å². The van der Waals surface area contributed by atoms with E-state index in [1.165, 1.54) is 0 Å². The molecule has 70 valence electrons. The zero-order valence-electron chi connectivity index (χ0n) is 7.92. The molecule has 1 N–H and O–H groups in total. The summed E-state index contributed by atoms with van der Waals surface area (Å²) in [7, 11) is 0. The van der Waals surface area contributed by atoms with Crippen LogP contribution >= 0.6 is 0 Å². The van der Waals surface area contributed by atoms with E-state index in [4.69, 9.17) is 5.11 Å². The maximum atomic E-state index is 10.1. The Balaban J connectivity index is 3.16. The number of hydrogen-bond donors (Lipinski definition) is 1. The van der Waals surface area contributed by atoms with Gasteiger partial charge in [0.25, 0.3) is 0 Å². The first-order valence-electron chi connectivity index (χ1n) is 4.51. The molecule has 0 aromatic carbocycles. The lowest BCUT2D eigenvalue weighted by Gasteiger charge is -1.95. The second kappa shape index (κ2) is 6.89. The Morgan fingerprint density at radius 3 is 2.58 bits per heavy atom. The van der Waals surface area contributed by atoms with Crippen molar-refractivity contribution in [3.8, 4) is 0 Å². The minimum atomic E-state index is -0.692. The lowest BCUT2D eigenvalue weighted by atomic mass is 10.1. The van der Waals surface area contributed by atoms with Crippen LogP contribution in [0.15, 0.2) is 12.2 Å². The smallest absolute Gasteiger partial charge is 0.303 e. The molecule has 0 atom stereocenters. The average Bonchev–Trinajstić information content (AvgIpc) is 1.95. The van der Waals surface area contributed by atoms with Crippen LogP contribution < -0.4 is 0 Å². The summed E-state index contributed by atoms with van der Waals surface area (Å²) in [4.78, 5) is 10.1. The van der Waals surface area contributed by atoms with Crippen molar-refractivity contribution in [3.63, 3.8) is 0 Å². The van der Waals surface area contributed by atoms with Crippen molar-refractivity contribution in [2.45, 2.75) is 39.5 Å². The molecule has 0 rings (SSSR count). The van der Waals surface area contributed by atoms with Gasteiger partial charge in [-0.2, -0.15) is 0 Å². The predicted molar refractivity (Wildman–Crippen MR) is 50.1 cm³/mol. The molecule has 0 saturated heterocycles. The number of carboxylic acids is 1. The molecule has 0 aromatic heterocycles. The molecule has 2 nitrogen and oxygen atoms in total. The third-order valence-corrected chi connectivity index (χ3v) is 1.53. The molecule has 0 heterocycles. The second-order valence-corrected chi connectivity index (χ2v) is 3.31. The van der Waals surface area contributed by atoms with Crippen LogP contribution in [0.2, 0.25) is 0 Å². The molecule has 0 radical (unpaired) electrons. The van der Waals surface area contributed by atoms with Crippen LogP contribution in [0.4, 0.5) is 0 Å². The maximum Gasteiger partial charge on any atom is 0.303 e. The number of aliphatic carboxylic acids is 1. The molecule has 0 bridgehead atoms. The maximum absolute atomic E-state index is 10.1. The third-order valence-electron chi connectivity index (χ3n) is 1.53. The van der Waals surface area contributed by atoms with Crippen molar-refractivity contribution >= 4 is 5.97 Å². The van der Waals surface area contributed by atoms with E-state index in [-0.39, 0.29) is 0 Å². The Bertz CT molecular complexity index is 148. The summed E-state index contributed by atoms with van der Waals surface area (Å²) in [5.41, 5.74) is 0. The summed E-state index contributed by atoms with van der Waals surface area (Å²) < 4.78 is 0. The minimum absolute atomic E-state index is 0.301. The summed E-state index contributed by atoms with van der Waals surface area (Å²) in [6, 6.07) is 0. The first-order chi connectivity index (χ1) is 5.63. The van der Waals surface area contributed by atoms with Crippen molar-refractivity contribution in [2.24, 2.45) is 5.92 Å². The van der Waals surface area contributed by atoms with E-state index < -0.39 is 5.97 Å². The van der Waals surface area contributed by atoms with Gasteiger partial charge < -0.3 is 5.11 Å². The Kier molecular flexibility index (Phi) is 6.44. The number of allylic oxidation sites excluding steroid dienone is 2. The highest BCUT2D eigenvalue weighted by Gasteiger charge is 1.94. The standard InChI is InChI=1S/C10H18O2/c1-9(2)7-5-3-4-6-8-10(11)12/h5,7,9H,3-4,6,8H2,1-2H3,(H,11,12)/b7-5-. The van der Waals surface area contributed by atoms with Crippen LogP contribution in [-0.4, -0.2) is 11.1 Å². The highest BCUT2D eigenvalue weighted by molar-refractivity contribution is 5.66. The fourth-order valence-electron chi connectivity index (χ4n) is 0.907. The zero-order valence-corrected chi connectivity index (χ0v) is 7.92. The first kappa shape index (κ1) is 11.2. The van der Waals surface area contributed by atoms with Crippen LogP contribution in [0.25, 0.3) is 0 Å². The van der Waals surface area contributed by atoms with Crippen LogP contribution in [0.1, 0.15) is 39.5 Å².